The summed E-state index contributed by atoms with van der Waals surface area (Å²) in [5, 5.41) is 5.37. The number of halogens is 2. The number of thioether (sulfide) groups is 1. The maximum absolute atomic E-state index is 11.7. The average Bonchev–Trinajstić information content (AvgIpc) is 2.46. The van der Waals surface area contributed by atoms with Crippen molar-refractivity contribution in [2.45, 2.75) is 6.42 Å². The molecule has 0 amide bonds. The van der Waals surface area contributed by atoms with Crippen LogP contribution in [0.5, 0.6) is 0 Å². The van der Waals surface area contributed by atoms with Crippen LogP contribution in [0.4, 0.5) is 5.69 Å². The quantitative estimate of drug-likeness (QED) is 0.677. The molecule has 2 rings (SSSR count). The van der Waals surface area contributed by atoms with Gasteiger partial charge in [0.15, 0.2) is 0 Å². The van der Waals surface area contributed by atoms with Crippen LogP contribution < -0.4 is 5.43 Å². The van der Waals surface area contributed by atoms with E-state index in [0.29, 0.717) is 21.5 Å². The monoisotopic (exact) mass is 332 g/mol. The lowest BCUT2D eigenvalue weighted by Crippen LogP contribution is -2.31. The van der Waals surface area contributed by atoms with Gasteiger partial charge in [-0.05, 0) is 30.4 Å². The smallest absolute Gasteiger partial charge is 0.315 e. The van der Waals surface area contributed by atoms with Crippen LogP contribution >= 0.6 is 35.0 Å². The second kappa shape index (κ2) is 7.20. The molecule has 1 atom stereocenters. The van der Waals surface area contributed by atoms with Gasteiger partial charge in [-0.1, -0.05) is 23.2 Å². The zero-order valence-corrected chi connectivity index (χ0v) is 13.2. The van der Waals surface area contributed by atoms with Gasteiger partial charge in [0.25, 0.3) is 0 Å². The van der Waals surface area contributed by atoms with Gasteiger partial charge < -0.3 is 4.74 Å². The number of carbonyl (C=O) groups excluding carboxylic acids is 1. The maximum atomic E-state index is 11.7. The van der Waals surface area contributed by atoms with Crippen LogP contribution in [0.2, 0.25) is 10.0 Å². The zero-order chi connectivity index (χ0) is 14.5. The van der Waals surface area contributed by atoms with Gasteiger partial charge in [-0.3, -0.25) is 10.2 Å². The number of rotatable bonds is 3. The summed E-state index contributed by atoms with van der Waals surface area (Å²) in [5.41, 5.74) is 4.35. The third-order valence-electron chi connectivity index (χ3n) is 2.93. The van der Waals surface area contributed by atoms with Crippen molar-refractivity contribution >= 4 is 52.3 Å². The summed E-state index contributed by atoms with van der Waals surface area (Å²) < 4.78 is 4.81. The normalized spacial score (nSPS) is 20.8. The van der Waals surface area contributed by atoms with Crippen LogP contribution in [0, 0.1) is 5.92 Å². The molecule has 1 saturated heterocycles. The zero-order valence-electron chi connectivity index (χ0n) is 10.9. The Morgan fingerprint density at radius 2 is 2.30 bits per heavy atom. The number of carbonyl (C=O) groups is 1. The van der Waals surface area contributed by atoms with Crippen LogP contribution in [0.1, 0.15) is 6.42 Å². The summed E-state index contributed by atoms with van der Waals surface area (Å²) in [4.78, 5) is 11.7. The Labute approximate surface area is 131 Å². The maximum Gasteiger partial charge on any atom is 0.315 e. The number of hydrogen-bond donors (Lipinski definition) is 1. The Kier molecular flexibility index (Phi) is 5.57. The van der Waals surface area contributed by atoms with E-state index in [2.05, 4.69) is 10.5 Å². The van der Waals surface area contributed by atoms with E-state index < -0.39 is 0 Å². The number of hydrazone groups is 1. The number of hydrogen-bond acceptors (Lipinski definition) is 5. The Bertz CT molecular complexity index is 537. The number of ether oxygens (including phenoxy) is 1. The first kappa shape index (κ1) is 15.5. The number of anilines is 1. The molecule has 0 saturated carbocycles. The first-order valence-electron chi connectivity index (χ1n) is 6.05. The summed E-state index contributed by atoms with van der Waals surface area (Å²) in [6.45, 7) is 0. The average molecular weight is 333 g/mol. The van der Waals surface area contributed by atoms with Crippen molar-refractivity contribution < 1.29 is 9.53 Å². The predicted molar refractivity (Wildman–Crippen MR) is 85.0 cm³/mol. The van der Waals surface area contributed by atoms with Crippen LogP contribution in [0.25, 0.3) is 0 Å². The minimum atomic E-state index is -0.294. The van der Waals surface area contributed by atoms with Gasteiger partial charge in [0.05, 0.1) is 23.5 Å². The second-order valence-corrected chi connectivity index (χ2v) is 6.23. The summed E-state index contributed by atoms with van der Waals surface area (Å²) in [5.74, 6) is 1.10. The molecule has 4 nitrogen and oxygen atoms in total. The second-order valence-electron chi connectivity index (χ2n) is 4.24. The van der Waals surface area contributed by atoms with Gasteiger partial charge in [-0.25, -0.2) is 0 Å². The van der Waals surface area contributed by atoms with Gasteiger partial charge in [-0.15, -0.1) is 0 Å². The molecule has 0 radical (unpaired) electrons. The van der Waals surface area contributed by atoms with E-state index in [9.17, 15) is 4.79 Å². The molecule has 7 heteroatoms. The van der Waals surface area contributed by atoms with E-state index in [4.69, 9.17) is 27.9 Å². The minimum Gasteiger partial charge on any atom is -0.468 e. The molecule has 1 aliphatic heterocycles. The molecule has 20 heavy (non-hydrogen) atoms. The molecule has 1 aromatic rings. The number of nitrogens with one attached hydrogen (secondary N) is 1. The fourth-order valence-electron chi connectivity index (χ4n) is 1.84. The lowest BCUT2D eigenvalue weighted by Gasteiger charge is -2.21. The van der Waals surface area contributed by atoms with Crippen molar-refractivity contribution in [1.82, 2.24) is 0 Å². The largest absolute Gasteiger partial charge is 0.468 e. The topological polar surface area (TPSA) is 50.7 Å². The first-order chi connectivity index (χ1) is 9.61. The Morgan fingerprint density at radius 1 is 1.50 bits per heavy atom. The Balaban J connectivity index is 2.13. The highest BCUT2D eigenvalue weighted by Gasteiger charge is 2.28. The van der Waals surface area contributed by atoms with E-state index >= 15 is 0 Å². The molecule has 1 heterocycles. The van der Waals surface area contributed by atoms with Crippen LogP contribution in [0.15, 0.2) is 23.3 Å². The highest BCUT2D eigenvalue weighted by Crippen LogP contribution is 2.26. The molecule has 0 aromatic heterocycles. The molecule has 0 unspecified atom stereocenters. The fraction of sp³-hybridized carbons (Fsp3) is 0.385. The van der Waals surface area contributed by atoms with Crippen molar-refractivity contribution in [3.05, 3.63) is 28.2 Å². The van der Waals surface area contributed by atoms with Gasteiger partial charge >= 0.3 is 5.97 Å². The molecule has 0 spiro atoms. The van der Waals surface area contributed by atoms with E-state index in [-0.39, 0.29) is 11.9 Å². The minimum absolute atomic E-state index is 0.250. The van der Waals surface area contributed by atoms with E-state index in [1.165, 1.54) is 7.11 Å². The third kappa shape index (κ3) is 3.81. The molecule has 108 valence electrons. The molecular formula is C13H14Cl2N2O2S. The van der Waals surface area contributed by atoms with Gasteiger partial charge in [0.1, 0.15) is 5.92 Å². The SMILES string of the molecule is COC(=O)[C@H]1CSCCC1=NNc1ccc(Cl)cc1Cl. The number of esters is 1. The molecule has 0 aliphatic carbocycles. The number of nitrogens with zero attached hydrogens (tertiary/aromatic N) is 1. The van der Waals surface area contributed by atoms with Gasteiger partial charge in [0.2, 0.25) is 0 Å². The molecule has 1 fully saturated rings. The van der Waals surface area contributed by atoms with Gasteiger partial charge in [0, 0.05) is 10.8 Å². The summed E-state index contributed by atoms with van der Waals surface area (Å²) in [6.07, 6.45) is 0.753. The van der Waals surface area contributed by atoms with E-state index in [1.54, 1.807) is 30.0 Å². The Morgan fingerprint density at radius 3 is 3.00 bits per heavy atom. The number of methoxy groups -OCH3 is 1. The van der Waals surface area contributed by atoms with E-state index in [1.807, 2.05) is 0 Å². The highest BCUT2D eigenvalue weighted by molar-refractivity contribution is 7.99. The summed E-state index contributed by atoms with van der Waals surface area (Å²) in [6, 6.07) is 5.12. The fourth-order valence-corrected chi connectivity index (χ4v) is 3.38. The van der Waals surface area contributed by atoms with Crippen molar-refractivity contribution in [3.63, 3.8) is 0 Å². The summed E-state index contributed by atoms with van der Waals surface area (Å²) >= 11 is 13.6. The molecule has 1 aromatic carbocycles. The summed E-state index contributed by atoms with van der Waals surface area (Å²) in [7, 11) is 1.39. The van der Waals surface area contributed by atoms with Crippen molar-refractivity contribution in [2.24, 2.45) is 11.0 Å². The predicted octanol–water partition coefficient (Wildman–Crippen LogP) is 3.69. The van der Waals surface area contributed by atoms with Crippen LogP contribution in [-0.4, -0.2) is 30.3 Å². The standard InChI is InChI=1S/C13H14Cl2N2O2S/c1-19-13(18)9-7-20-5-4-11(9)16-17-12-3-2-8(14)6-10(12)15/h2-3,6,9,17H,4-5,7H2,1H3/t9-/m0/s1. The molecule has 0 bridgehead atoms. The lowest BCUT2D eigenvalue weighted by molar-refractivity contribution is -0.142. The first-order valence-corrected chi connectivity index (χ1v) is 7.96. The van der Waals surface area contributed by atoms with Crippen molar-refractivity contribution in [2.75, 3.05) is 24.0 Å². The molecule has 1 aliphatic rings. The van der Waals surface area contributed by atoms with E-state index in [0.717, 1.165) is 17.9 Å². The van der Waals surface area contributed by atoms with Crippen LogP contribution in [0.3, 0.4) is 0 Å². The van der Waals surface area contributed by atoms with Gasteiger partial charge in [-0.2, -0.15) is 16.9 Å². The third-order valence-corrected chi connectivity index (χ3v) is 4.54. The molecule has 1 N–H and O–H groups in total. The molecular weight excluding hydrogens is 319 g/mol. The van der Waals surface area contributed by atoms with Crippen molar-refractivity contribution in [3.8, 4) is 0 Å². The lowest BCUT2D eigenvalue weighted by atomic mass is 10.0. The highest BCUT2D eigenvalue weighted by atomic mass is 35.5. The van der Waals surface area contributed by atoms with Crippen LogP contribution in [-0.2, 0) is 9.53 Å². The van der Waals surface area contributed by atoms with Crippen molar-refractivity contribution in [1.29, 1.82) is 0 Å². The number of benzene rings is 1. The Hall–Kier alpha value is -0.910.